The lowest BCUT2D eigenvalue weighted by Crippen LogP contribution is -2.53. The fourth-order valence-electron chi connectivity index (χ4n) is 4.18. The van der Waals surface area contributed by atoms with E-state index in [-0.39, 0.29) is 10.4 Å². The molecule has 0 N–H and O–H groups in total. The Balaban J connectivity index is 0.000000248. The molecule has 0 saturated heterocycles. The van der Waals surface area contributed by atoms with Gasteiger partial charge in [0.1, 0.15) is 27.5 Å². The minimum absolute atomic E-state index is 0.170. The zero-order valence-electron chi connectivity index (χ0n) is 20.8. The van der Waals surface area contributed by atoms with E-state index in [1.807, 2.05) is 6.92 Å². The van der Waals surface area contributed by atoms with Crippen LogP contribution in [-0.2, 0) is 16.5 Å². The smallest absolute Gasteiger partial charge is 0.141 e. The SMILES string of the molecule is CN(C)c1ccc(/C=C/[N+]2(C)c3ccccc3CC2(C)C)cc1.Cc1ccc(S(=O)(=O)[O-])cc1. The summed E-state index contributed by atoms with van der Waals surface area (Å²) >= 11 is 0. The van der Waals surface area contributed by atoms with Crippen molar-refractivity contribution in [3.8, 4) is 0 Å². The number of quaternary nitrogens is 1. The zero-order chi connectivity index (χ0) is 25.1. The van der Waals surface area contributed by atoms with Gasteiger partial charge in [0.25, 0.3) is 0 Å². The monoisotopic (exact) mass is 478 g/mol. The molecule has 0 spiro atoms. The molecule has 0 radical (unpaired) electrons. The van der Waals surface area contributed by atoms with Gasteiger partial charge in [0.15, 0.2) is 0 Å². The fourth-order valence-corrected chi connectivity index (χ4v) is 4.64. The van der Waals surface area contributed by atoms with E-state index < -0.39 is 10.1 Å². The van der Waals surface area contributed by atoms with Gasteiger partial charge in [0.2, 0.25) is 0 Å². The summed E-state index contributed by atoms with van der Waals surface area (Å²) in [6.07, 6.45) is 5.71. The summed E-state index contributed by atoms with van der Waals surface area (Å²) in [6.45, 7) is 6.53. The number of hydrogen-bond donors (Lipinski definition) is 0. The molecule has 0 aliphatic carbocycles. The Kier molecular flexibility index (Phi) is 7.36. The third kappa shape index (κ3) is 5.58. The average Bonchev–Trinajstić information content (AvgIpc) is 2.98. The summed E-state index contributed by atoms with van der Waals surface area (Å²) in [5.74, 6) is 0. The van der Waals surface area contributed by atoms with Crippen LogP contribution in [0.15, 0.2) is 83.9 Å². The van der Waals surface area contributed by atoms with Crippen LogP contribution in [0.1, 0.15) is 30.5 Å². The Morgan fingerprint density at radius 1 is 0.941 bits per heavy atom. The largest absolute Gasteiger partial charge is 0.744 e. The fraction of sp³-hybridized carbons (Fsp3) is 0.286. The van der Waals surface area contributed by atoms with Crippen molar-refractivity contribution in [1.82, 2.24) is 4.48 Å². The Bertz CT molecular complexity index is 1260. The van der Waals surface area contributed by atoms with Gasteiger partial charge in [-0.25, -0.2) is 8.42 Å². The molecular formula is C28H34N2O3S. The molecule has 0 bridgehead atoms. The highest BCUT2D eigenvalue weighted by molar-refractivity contribution is 7.85. The zero-order valence-corrected chi connectivity index (χ0v) is 21.6. The molecular weight excluding hydrogens is 444 g/mol. The van der Waals surface area contributed by atoms with Crippen LogP contribution in [0.4, 0.5) is 11.4 Å². The highest BCUT2D eigenvalue weighted by Gasteiger charge is 2.48. The molecule has 3 aromatic carbocycles. The molecule has 0 fully saturated rings. The maximum Gasteiger partial charge on any atom is 0.141 e. The second-order valence-electron chi connectivity index (χ2n) is 9.76. The van der Waals surface area contributed by atoms with Gasteiger partial charge in [-0.15, -0.1) is 0 Å². The second kappa shape index (κ2) is 9.74. The molecule has 4 rings (SSSR count). The van der Waals surface area contributed by atoms with Crippen molar-refractivity contribution in [2.75, 3.05) is 26.0 Å². The number of fused-ring (bicyclic) bond motifs is 1. The Morgan fingerprint density at radius 2 is 1.53 bits per heavy atom. The predicted molar refractivity (Wildman–Crippen MR) is 141 cm³/mol. The van der Waals surface area contributed by atoms with E-state index in [0.29, 0.717) is 0 Å². The minimum Gasteiger partial charge on any atom is -0.744 e. The normalized spacial score (nSPS) is 18.8. The van der Waals surface area contributed by atoms with Crippen molar-refractivity contribution >= 4 is 27.6 Å². The summed E-state index contributed by atoms with van der Waals surface area (Å²) in [6, 6.07) is 23.3. The topological polar surface area (TPSA) is 60.4 Å². The van der Waals surface area contributed by atoms with Crippen LogP contribution in [0.3, 0.4) is 0 Å². The van der Waals surface area contributed by atoms with E-state index in [1.165, 1.54) is 34.6 Å². The first-order valence-electron chi connectivity index (χ1n) is 11.3. The number of rotatable bonds is 4. The van der Waals surface area contributed by atoms with Gasteiger partial charge in [-0.3, -0.25) is 4.48 Å². The molecule has 3 aromatic rings. The second-order valence-corrected chi connectivity index (χ2v) is 11.1. The molecule has 0 aromatic heterocycles. The average molecular weight is 479 g/mol. The number of nitrogens with zero attached hydrogens (tertiary/aromatic N) is 2. The summed E-state index contributed by atoms with van der Waals surface area (Å²) in [5, 5.41) is 0. The van der Waals surface area contributed by atoms with Crippen LogP contribution in [0.5, 0.6) is 0 Å². The number of aryl methyl sites for hydroxylation is 1. The molecule has 1 unspecified atom stereocenters. The summed E-state index contributed by atoms with van der Waals surface area (Å²) in [7, 11) is 2.19. The number of para-hydroxylation sites is 1. The molecule has 180 valence electrons. The van der Waals surface area contributed by atoms with Gasteiger partial charge < -0.3 is 9.45 Å². The van der Waals surface area contributed by atoms with E-state index >= 15 is 0 Å². The lowest BCUT2D eigenvalue weighted by atomic mass is 9.98. The highest BCUT2D eigenvalue weighted by atomic mass is 32.2. The number of hydrogen-bond acceptors (Lipinski definition) is 4. The molecule has 1 heterocycles. The van der Waals surface area contributed by atoms with Gasteiger partial charge in [-0.05, 0) is 62.7 Å². The Morgan fingerprint density at radius 3 is 2.09 bits per heavy atom. The summed E-state index contributed by atoms with van der Waals surface area (Å²) in [4.78, 5) is 1.95. The third-order valence-electron chi connectivity index (χ3n) is 6.66. The summed E-state index contributed by atoms with van der Waals surface area (Å²) in [5.41, 5.74) is 6.46. The van der Waals surface area contributed by atoms with Crippen LogP contribution in [0.25, 0.3) is 6.08 Å². The molecule has 1 aliphatic rings. The minimum atomic E-state index is -4.27. The quantitative estimate of drug-likeness (QED) is 0.362. The molecule has 0 amide bonds. The van der Waals surface area contributed by atoms with Crippen molar-refractivity contribution in [2.45, 2.75) is 37.6 Å². The first kappa shape index (κ1) is 25.7. The number of benzene rings is 3. The van der Waals surface area contributed by atoms with E-state index in [0.717, 1.165) is 16.5 Å². The standard InChI is InChI=1S/C21H27N2.C7H8O3S/c1-21(2)16-18-8-6-7-9-20(18)23(21,5)15-14-17-10-12-19(13-11-17)22(3)4;1-6-2-4-7(5-3-6)11(8,9)10/h6-15H,16H2,1-5H3;2-5H,1H3,(H,8,9,10)/q+1;/p-1/b15-14+;. The molecule has 0 saturated carbocycles. The first-order chi connectivity index (χ1) is 15.8. The molecule has 1 aliphatic heterocycles. The van der Waals surface area contributed by atoms with Crippen molar-refractivity contribution in [1.29, 1.82) is 0 Å². The van der Waals surface area contributed by atoms with Gasteiger partial charge in [0, 0.05) is 31.8 Å². The lowest BCUT2D eigenvalue weighted by Gasteiger charge is -2.38. The van der Waals surface area contributed by atoms with Crippen molar-refractivity contribution < 1.29 is 13.0 Å². The van der Waals surface area contributed by atoms with Gasteiger partial charge in [-0.1, -0.05) is 48.0 Å². The van der Waals surface area contributed by atoms with Crippen LogP contribution >= 0.6 is 0 Å². The number of likely N-dealkylation sites (N-methyl/N-ethyl adjacent to an activating group) is 1. The van der Waals surface area contributed by atoms with Crippen molar-refractivity contribution in [3.63, 3.8) is 0 Å². The van der Waals surface area contributed by atoms with Gasteiger partial charge in [-0.2, -0.15) is 0 Å². The maximum atomic E-state index is 10.4. The van der Waals surface area contributed by atoms with E-state index in [1.54, 1.807) is 12.1 Å². The predicted octanol–water partition coefficient (Wildman–Crippen LogP) is 5.59. The van der Waals surface area contributed by atoms with Gasteiger partial charge in [0.05, 0.1) is 11.9 Å². The molecule has 34 heavy (non-hydrogen) atoms. The Labute approximate surface area is 204 Å². The van der Waals surface area contributed by atoms with Crippen LogP contribution < -0.4 is 9.38 Å². The lowest BCUT2D eigenvalue weighted by molar-refractivity contribution is 0.252. The van der Waals surface area contributed by atoms with Crippen LogP contribution in [0, 0.1) is 6.92 Å². The third-order valence-corrected chi connectivity index (χ3v) is 7.51. The molecule has 6 heteroatoms. The summed E-state index contributed by atoms with van der Waals surface area (Å²) < 4.78 is 32.0. The molecule has 1 atom stereocenters. The van der Waals surface area contributed by atoms with E-state index in [9.17, 15) is 13.0 Å². The van der Waals surface area contributed by atoms with Crippen LogP contribution in [0.2, 0.25) is 0 Å². The maximum absolute atomic E-state index is 10.4. The molecule has 5 nitrogen and oxygen atoms in total. The number of anilines is 1. The van der Waals surface area contributed by atoms with Gasteiger partial charge >= 0.3 is 0 Å². The first-order valence-corrected chi connectivity index (χ1v) is 12.7. The van der Waals surface area contributed by atoms with Crippen molar-refractivity contribution in [3.05, 3.63) is 95.7 Å². The van der Waals surface area contributed by atoms with E-state index in [4.69, 9.17) is 0 Å². The highest BCUT2D eigenvalue weighted by Crippen LogP contribution is 2.44. The Hall–Kier alpha value is -2.93. The van der Waals surface area contributed by atoms with Crippen LogP contribution in [-0.4, -0.2) is 39.7 Å². The van der Waals surface area contributed by atoms with Crippen molar-refractivity contribution in [2.24, 2.45) is 0 Å². The van der Waals surface area contributed by atoms with E-state index in [2.05, 4.69) is 101 Å².